The van der Waals surface area contributed by atoms with Crippen LogP contribution in [-0.4, -0.2) is 42.8 Å². The van der Waals surface area contributed by atoms with E-state index in [4.69, 9.17) is 4.74 Å². The summed E-state index contributed by atoms with van der Waals surface area (Å²) in [5.41, 5.74) is 3.91. The molecular weight excluding hydrogens is 494 g/mol. The number of ether oxygens (including phenoxy) is 1. The van der Waals surface area contributed by atoms with Crippen LogP contribution in [0.4, 0.5) is 5.69 Å². The Morgan fingerprint density at radius 2 is 1.97 bits per heavy atom. The maximum Gasteiger partial charge on any atom is 0.310 e. The van der Waals surface area contributed by atoms with Gasteiger partial charge in [-0.05, 0) is 42.5 Å². The number of anilines is 1. The van der Waals surface area contributed by atoms with Gasteiger partial charge in [0.05, 0.1) is 43.4 Å². The summed E-state index contributed by atoms with van der Waals surface area (Å²) in [6.07, 6.45) is 12.5. The Labute approximate surface area is 226 Å². The van der Waals surface area contributed by atoms with Crippen LogP contribution >= 0.6 is 0 Å². The van der Waals surface area contributed by atoms with Crippen molar-refractivity contribution >= 4 is 28.6 Å². The molecule has 0 radical (unpaired) electrons. The number of nitrogens with zero attached hydrogens (tertiary/aromatic N) is 6. The lowest BCUT2D eigenvalue weighted by atomic mass is 9.96. The van der Waals surface area contributed by atoms with Crippen molar-refractivity contribution < 1.29 is 14.3 Å². The minimum Gasteiger partial charge on any atom is -0.464 e. The zero-order valence-corrected chi connectivity index (χ0v) is 21.9. The molecule has 3 aromatic heterocycles. The number of fused-ring (bicyclic) bond motifs is 1. The van der Waals surface area contributed by atoms with Crippen molar-refractivity contribution in [2.24, 2.45) is 5.92 Å². The SMILES string of the molecule is CC(=O)Nc1ccc(CC(=O)OCCn2ccc3c(-c4cnn(C(CC#N)C5CCCC5)c4)ncnc32)cc1. The van der Waals surface area contributed by atoms with Crippen LogP contribution in [0.15, 0.2) is 55.2 Å². The lowest BCUT2D eigenvalue weighted by molar-refractivity contribution is -0.143. The van der Waals surface area contributed by atoms with Gasteiger partial charge < -0.3 is 14.6 Å². The molecule has 1 atom stereocenters. The van der Waals surface area contributed by atoms with Crippen molar-refractivity contribution in [3.63, 3.8) is 0 Å². The molecule has 5 rings (SSSR count). The third-order valence-electron chi connectivity index (χ3n) is 7.23. The second-order valence-electron chi connectivity index (χ2n) is 9.93. The highest BCUT2D eigenvalue weighted by Crippen LogP contribution is 2.36. The lowest BCUT2D eigenvalue weighted by Crippen LogP contribution is -2.17. The third-order valence-corrected chi connectivity index (χ3v) is 7.23. The number of amides is 1. The highest BCUT2D eigenvalue weighted by atomic mass is 16.5. The largest absolute Gasteiger partial charge is 0.464 e. The molecule has 0 saturated heterocycles. The summed E-state index contributed by atoms with van der Waals surface area (Å²) in [5, 5.41) is 17.6. The van der Waals surface area contributed by atoms with Gasteiger partial charge in [0, 0.05) is 36.0 Å². The number of nitrogens with one attached hydrogen (secondary N) is 1. The van der Waals surface area contributed by atoms with E-state index in [0.29, 0.717) is 24.6 Å². The highest BCUT2D eigenvalue weighted by molar-refractivity contribution is 5.90. The van der Waals surface area contributed by atoms with E-state index in [0.717, 1.165) is 40.7 Å². The van der Waals surface area contributed by atoms with Gasteiger partial charge in [0.2, 0.25) is 5.91 Å². The first-order valence-corrected chi connectivity index (χ1v) is 13.3. The quantitative estimate of drug-likeness (QED) is 0.298. The molecule has 200 valence electrons. The molecule has 10 heteroatoms. The molecule has 3 heterocycles. The fourth-order valence-electron chi connectivity index (χ4n) is 5.35. The van der Waals surface area contributed by atoms with Crippen molar-refractivity contribution in [2.45, 2.75) is 58.0 Å². The molecule has 1 saturated carbocycles. The number of carbonyl (C=O) groups is 2. The Bertz CT molecular complexity index is 1490. The van der Waals surface area contributed by atoms with Gasteiger partial charge in [0.1, 0.15) is 18.6 Å². The predicted molar refractivity (Wildman–Crippen MR) is 145 cm³/mol. The maximum atomic E-state index is 12.3. The highest BCUT2D eigenvalue weighted by Gasteiger charge is 2.27. The Hall–Kier alpha value is -4.52. The van der Waals surface area contributed by atoms with Crippen LogP contribution in [0.25, 0.3) is 22.3 Å². The maximum absolute atomic E-state index is 12.3. The zero-order valence-electron chi connectivity index (χ0n) is 21.9. The Kier molecular flexibility index (Phi) is 7.96. The minimum absolute atomic E-state index is 0.0815. The summed E-state index contributed by atoms with van der Waals surface area (Å²) < 4.78 is 9.35. The molecule has 4 aromatic rings. The van der Waals surface area contributed by atoms with Crippen molar-refractivity contribution in [3.8, 4) is 17.3 Å². The summed E-state index contributed by atoms with van der Waals surface area (Å²) in [4.78, 5) is 32.5. The standard InChI is InChI=1S/C29H31N7O3/c1-20(37)34-24-8-6-21(7-9-24)16-27(38)39-15-14-35-13-11-25-28(31-19-32-29(25)35)23-17-33-36(18-23)26(10-12-30)22-4-2-3-5-22/h6-9,11,13,17-19,22,26H,2-5,10,14-16H2,1H3,(H,34,37). The third kappa shape index (κ3) is 6.14. The van der Waals surface area contributed by atoms with Crippen LogP contribution < -0.4 is 5.32 Å². The van der Waals surface area contributed by atoms with E-state index in [1.165, 1.54) is 26.1 Å². The summed E-state index contributed by atoms with van der Waals surface area (Å²) in [6.45, 7) is 2.12. The number of hydrogen-bond acceptors (Lipinski definition) is 7. The number of hydrogen-bond donors (Lipinski definition) is 1. The van der Waals surface area contributed by atoms with Gasteiger partial charge in [-0.25, -0.2) is 9.97 Å². The molecule has 1 fully saturated rings. The monoisotopic (exact) mass is 525 g/mol. The van der Waals surface area contributed by atoms with Crippen LogP contribution in [0.5, 0.6) is 0 Å². The van der Waals surface area contributed by atoms with Gasteiger partial charge in [-0.2, -0.15) is 10.4 Å². The van der Waals surface area contributed by atoms with Crippen LogP contribution in [0.3, 0.4) is 0 Å². The number of carbonyl (C=O) groups excluding carboxylic acids is 2. The first-order chi connectivity index (χ1) is 19.0. The van der Waals surface area contributed by atoms with Crippen LogP contribution in [0.2, 0.25) is 0 Å². The second-order valence-corrected chi connectivity index (χ2v) is 9.93. The summed E-state index contributed by atoms with van der Waals surface area (Å²) in [6, 6.07) is 11.5. The van der Waals surface area contributed by atoms with Gasteiger partial charge in [0.25, 0.3) is 0 Å². The molecule has 1 amide bonds. The van der Waals surface area contributed by atoms with Gasteiger partial charge in [0.15, 0.2) is 0 Å². The topological polar surface area (TPSA) is 128 Å². The molecule has 1 N–H and O–H groups in total. The number of esters is 1. The molecule has 1 unspecified atom stereocenters. The molecule has 1 aliphatic rings. The van der Waals surface area contributed by atoms with Crippen molar-refractivity contribution in [1.29, 1.82) is 5.26 Å². The first-order valence-electron chi connectivity index (χ1n) is 13.3. The molecule has 1 aliphatic carbocycles. The van der Waals surface area contributed by atoms with Gasteiger partial charge in [-0.3, -0.25) is 14.3 Å². The van der Waals surface area contributed by atoms with E-state index in [-0.39, 0.29) is 30.9 Å². The first kappa shape index (κ1) is 26.1. The summed E-state index contributed by atoms with van der Waals surface area (Å²) >= 11 is 0. The normalized spacial score (nSPS) is 14.3. The molecular formula is C29H31N7O3. The molecule has 1 aromatic carbocycles. The van der Waals surface area contributed by atoms with E-state index >= 15 is 0 Å². The van der Waals surface area contributed by atoms with Crippen LogP contribution in [0.1, 0.15) is 50.6 Å². The number of benzene rings is 1. The zero-order chi connectivity index (χ0) is 27.2. The van der Waals surface area contributed by atoms with Crippen LogP contribution in [0, 0.1) is 17.2 Å². The molecule has 0 spiro atoms. The second kappa shape index (κ2) is 11.9. The molecule has 39 heavy (non-hydrogen) atoms. The van der Waals surface area contributed by atoms with Gasteiger partial charge >= 0.3 is 5.97 Å². The summed E-state index contributed by atoms with van der Waals surface area (Å²) in [5.74, 6) is 0.0149. The average molecular weight is 526 g/mol. The van der Waals surface area contributed by atoms with Gasteiger partial charge in [-0.1, -0.05) is 25.0 Å². The average Bonchev–Trinajstić information content (AvgIpc) is 3.70. The van der Waals surface area contributed by atoms with Crippen molar-refractivity contribution in [3.05, 3.63) is 60.8 Å². The van der Waals surface area contributed by atoms with E-state index in [1.807, 2.05) is 33.9 Å². The van der Waals surface area contributed by atoms with E-state index < -0.39 is 0 Å². The van der Waals surface area contributed by atoms with Crippen LogP contribution in [-0.2, 0) is 27.3 Å². The molecule has 0 bridgehead atoms. The Morgan fingerprint density at radius 3 is 2.72 bits per heavy atom. The minimum atomic E-state index is -0.323. The van der Waals surface area contributed by atoms with E-state index in [1.54, 1.807) is 24.3 Å². The number of aromatic nitrogens is 5. The Morgan fingerprint density at radius 1 is 1.18 bits per heavy atom. The van der Waals surface area contributed by atoms with Crippen molar-refractivity contribution in [2.75, 3.05) is 11.9 Å². The lowest BCUT2D eigenvalue weighted by Gasteiger charge is -2.21. The molecule has 10 nitrogen and oxygen atoms in total. The summed E-state index contributed by atoms with van der Waals surface area (Å²) in [7, 11) is 0. The van der Waals surface area contributed by atoms with Gasteiger partial charge in [-0.15, -0.1) is 0 Å². The fourth-order valence-corrected chi connectivity index (χ4v) is 5.35. The fraction of sp³-hybridized carbons (Fsp3) is 0.379. The predicted octanol–water partition coefficient (Wildman–Crippen LogP) is 4.68. The number of nitriles is 1. The smallest absolute Gasteiger partial charge is 0.310 e. The number of rotatable bonds is 10. The Balaban J connectivity index is 1.22. The van der Waals surface area contributed by atoms with E-state index in [2.05, 4.69) is 26.5 Å². The van der Waals surface area contributed by atoms with Crippen molar-refractivity contribution in [1.82, 2.24) is 24.3 Å². The van der Waals surface area contributed by atoms with E-state index in [9.17, 15) is 14.9 Å². The molecule has 0 aliphatic heterocycles.